The number of epoxide rings is 1. The van der Waals surface area contributed by atoms with E-state index in [2.05, 4.69) is 0 Å². The van der Waals surface area contributed by atoms with E-state index in [0.717, 1.165) is 12.8 Å². The lowest BCUT2D eigenvalue weighted by atomic mass is 9.76. The summed E-state index contributed by atoms with van der Waals surface area (Å²) in [5.41, 5.74) is -1.23. The monoisotopic (exact) mass is 198 g/mol. The highest BCUT2D eigenvalue weighted by atomic mass is 16.7. The molecule has 2 aliphatic rings. The standard InChI is InChI=1S/C11H18O3/c1-9(2,3)13-8(12)10(4)11(14-10)6-5-7-11/h5-7H2,1-4H3. The molecule has 1 spiro atoms. The minimum absolute atomic E-state index is 0.157. The number of hydrogen-bond donors (Lipinski definition) is 0. The molecule has 1 heterocycles. The van der Waals surface area contributed by atoms with Crippen LogP contribution in [0.4, 0.5) is 0 Å². The summed E-state index contributed by atoms with van der Waals surface area (Å²) >= 11 is 0. The van der Waals surface area contributed by atoms with Crippen molar-refractivity contribution in [3.63, 3.8) is 0 Å². The second-order valence-corrected chi connectivity index (χ2v) is 5.49. The van der Waals surface area contributed by atoms with Gasteiger partial charge in [0.2, 0.25) is 0 Å². The summed E-state index contributed by atoms with van der Waals surface area (Å²) in [7, 11) is 0. The third kappa shape index (κ3) is 1.26. The summed E-state index contributed by atoms with van der Waals surface area (Å²) in [5.74, 6) is -0.204. The molecule has 2 fully saturated rings. The molecule has 0 aromatic rings. The van der Waals surface area contributed by atoms with Crippen LogP contribution in [0.5, 0.6) is 0 Å². The number of hydrogen-bond acceptors (Lipinski definition) is 3. The molecule has 0 N–H and O–H groups in total. The van der Waals surface area contributed by atoms with Gasteiger partial charge in [0.15, 0.2) is 5.60 Å². The zero-order valence-corrected chi connectivity index (χ0v) is 9.35. The Morgan fingerprint density at radius 2 is 1.93 bits per heavy atom. The maximum atomic E-state index is 11.8. The van der Waals surface area contributed by atoms with Crippen molar-refractivity contribution in [1.82, 2.24) is 0 Å². The maximum Gasteiger partial charge on any atom is 0.341 e. The first-order valence-corrected chi connectivity index (χ1v) is 5.23. The highest BCUT2D eigenvalue weighted by molar-refractivity contribution is 5.85. The highest BCUT2D eigenvalue weighted by Crippen LogP contribution is 2.60. The quantitative estimate of drug-likeness (QED) is 0.478. The second-order valence-electron chi connectivity index (χ2n) is 5.49. The summed E-state index contributed by atoms with van der Waals surface area (Å²) in [6.45, 7) is 7.48. The summed E-state index contributed by atoms with van der Waals surface area (Å²) in [4.78, 5) is 11.8. The first-order valence-electron chi connectivity index (χ1n) is 5.23. The van der Waals surface area contributed by atoms with Gasteiger partial charge in [-0.15, -0.1) is 0 Å². The molecule has 1 unspecified atom stereocenters. The van der Waals surface area contributed by atoms with Gasteiger partial charge in [-0.05, 0) is 47.0 Å². The van der Waals surface area contributed by atoms with Crippen molar-refractivity contribution in [3.8, 4) is 0 Å². The van der Waals surface area contributed by atoms with Gasteiger partial charge in [-0.2, -0.15) is 0 Å². The second kappa shape index (κ2) is 2.51. The average Bonchev–Trinajstić information content (AvgIpc) is 2.54. The molecule has 3 heteroatoms. The van der Waals surface area contributed by atoms with Gasteiger partial charge in [-0.1, -0.05) is 0 Å². The van der Waals surface area contributed by atoms with Crippen LogP contribution in [-0.2, 0) is 14.3 Å². The van der Waals surface area contributed by atoms with E-state index < -0.39 is 11.2 Å². The summed E-state index contributed by atoms with van der Waals surface area (Å²) in [5, 5.41) is 0. The van der Waals surface area contributed by atoms with E-state index in [0.29, 0.717) is 0 Å². The van der Waals surface area contributed by atoms with E-state index >= 15 is 0 Å². The zero-order valence-electron chi connectivity index (χ0n) is 9.35. The van der Waals surface area contributed by atoms with Crippen LogP contribution in [0.25, 0.3) is 0 Å². The van der Waals surface area contributed by atoms with E-state index in [-0.39, 0.29) is 11.6 Å². The topological polar surface area (TPSA) is 38.8 Å². The fourth-order valence-corrected chi connectivity index (χ4v) is 2.05. The highest BCUT2D eigenvalue weighted by Gasteiger charge is 2.74. The van der Waals surface area contributed by atoms with E-state index in [1.54, 1.807) is 0 Å². The average molecular weight is 198 g/mol. The van der Waals surface area contributed by atoms with Crippen LogP contribution in [-0.4, -0.2) is 22.8 Å². The van der Waals surface area contributed by atoms with Crippen molar-refractivity contribution in [2.24, 2.45) is 0 Å². The third-order valence-corrected chi connectivity index (χ3v) is 3.18. The summed E-state index contributed by atoms with van der Waals surface area (Å²) in [6, 6.07) is 0. The van der Waals surface area contributed by atoms with Gasteiger partial charge in [-0.3, -0.25) is 0 Å². The van der Waals surface area contributed by atoms with Gasteiger partial charge in [0, 0.05) is 0 Å². The molecule has 1 aliphatic carbocycles. The SMILES string of the molecule is CC(C)(C)OC(=O)C1(C)OC12CCC2. The van der Waals surface area contributed by atoms with Gasteiger partial charge in [0.25, 0.3) is 0 Å². The molecule has 2 rings (SSSR count). The number of esters is 1. The molecular weight excluding hydrogens is 180 g/mol. The van der Waals surface area contributed by atoms with Crippen molar-refractivity contribution in [3.05, 3.63) is 0 Å². The fourth-order valence-electron chi connectivity index (χ4n) is 2.05. The number of carbonyl (C=O) groups excluding carboxylic acids is 1. The Labute approximate surface area is 84.8 Å². The van der Waals surface area contributed by atoms with Gasteiger partial charge in [-0.25, -0.2) is 4.79 Å². The Kier molecular flexibility index (Phi) is 1.79. The Morgan fingerprint density at radius 1 is 1.36 bits per heavy atom. The minimum Gasteiger partial charge on any atom is -0.458 e. The summed E-state index contributed by atoms with van der Waals surface area (Å²) in [6.07, 6.45) is 3.17. The molecular formula is C11H18O3. The largest absolute Gasteiger partial charge is 0.458 e. The first-order chi connectivity index (χ1) is 6.29. The molecule has 0 bridgehead atoms. The van der Waals surface area contributed by atoms with Crippen molar-refractivity contribution < 1.29 is 14.3 Å². The number of rotatable bonds is 1. The van der Waals surface area contributed by atoms with Gasteiger partial charge >= 0.3 is 5.97 Å². The zero-order chi connectivity index (χ0) is 10.6. The first kappa shape index (κ1) is 9.97. The molecule has 0 aromatic heterocycles. The lowest BCUT2D eigenvalue weighted by Crippen LogP contribution is -2.40. The Balaban J connectivity index is 2.00. The lowest BCUT2D eigenvalue weighted by Gasteiger charge is -2.26. The lowest BCUT2D eigenvalue weighted by molar-refractivity contribution is -0.160. The third-order valence-electron chi connectivity index (χ3n) is 3.18. The Hall–Kier alpha value is -0.570. The molecule has 3 nitrogen and oxygen atoms in total. The van der Waals surface area contributed by atoms with E-state index in [9.17, 15) is 4.79 Å². The predicted molar refractivity (Wildman–Crippen MR) is 51.9 cm³/mol. The smallest absolute Gasteiger partial charge is 0.341 e. The molecule has 80 valence electrons. The van der Waals surface area contributed by atoms with Gasteiger partial charge in [0.1, 0.15) is 11.2 Å². The van der Waals surface area contributed by atoms with Gasteiger partial charge in [0.05, 0.1) is 0 Å². The van der Waals surface area contributed by atoms with Gasteiger partial charge < -0.3 is 9.47 Å². The van der Waals surface area contributed by atoms with Crippen molar-refractivity contribution >= 4 is 5.97 Å². The van der Waals surface area contributed by atoms with E-state index in [1.165, 1.54) is 6.42 Å². The predicted octanol–water partition coefficient (Wildman–Crippen LogP) is 2.04. The Morgan fingerprint density at radius 3 is 2.21 bits per heavy atom. The van der Waals surface area contributed by atoms with Crippen LogP contribution in [0.3, 0.4) is 0 Å². The summed E-state index contributed by atoms with van der Waals surface area (Å²) < 4.78 is 10.9. The van der Waals surface area contributed by atoms with Crippen molar-refractivity contribution in [1.29, 1.82) is 0 Å². The molecule has 1 atom stereocenters. The molecule has 14 heavy (non-hydrogen) atoms. The number of carbonyl (C=O) groups is 1. The van der Waals surface area contributed by atoms with E-state index in [1.807, 2.05) is 27.7 Å². The molecule has 0 amide bonds. The van der Waals surface area contributed by atoms with Crippen LogP contribution < -0.4 is 0 Å². The normalized spacial score (nSPS) is 33.7. The van der Waals surface area contributed by atoms with Crippen molar-refractivity contribution in [2.45, 2.75) is 63.8 Å². The molecule has 0 radical (unpaired) electrons. The number of ether oxygens (including phenoxy) is 2. The molecule has 0 aromatic carbocycles. The van der Waals surface area contributed by atoms with Crippen molar-refractivity contribution in [2.75, 3.05) is 0 Å². The van der Waals surface area contributed by atoms with Crippen LogP contribution in [0.1, 0.15) is 47.0 Å². The molecule has 1 aliphatic heterocycles. The Bertz CT molecular complexity index is 273. The van der Waals surface area contributed by atoms with Crippen LogP contribution in [0.15, 0.2) is 0 Å². The maximum absolute atomic E-state index is 11.8. The van der Waals surface area contributed by atoms with E-state index in [4.69, 9.17) is 9.47 Å². The minimum atomic E-state index is -0.654. The molecule has 1 saturated heterocycles. The van der Waals surface area contributed by atoms with Crippen LogP contribution in [0, 0.1) is 0 Å². The van der Waals surface area contributed by atoms with Crippen LogP contribution in [0.2, 0.25) is 0 Å². The molecule has 1 saturated carbocycles. The van der Waals surface area contributed by atoms with Crippen LogP contribution >= 0.6 is 0 Å². The fraction of sp³-hybridized carbons (Fsp3) is 0.909.